The molecule has 2 aromatic rings. The van der Waals surface area contributed by atoms with Crippen LogP contribution in [0.25, 0.3) is 0 Å². The van der Waals surface area contributed by atoms with E-state index in [0.717, 1.165) is 0 Å². The van der Waals surface area contributed by atoms with Crippen molar-refractivity contribution in [2.75, 3.05) is 13.2 Å². The normalized spacial score (nSPS) is 10.2. The second-order valence-electron chi connectivity index (χ2n) is 4.05. The molecule has 2 rings (SSSR count). The molecule has 0 aliphatic carbocycles. The SMILES string of the molecule is O=C(NCCCOc1ccc(O)c(Cl)c1)c1cccs1. The average Bonchev–Trinajstić information content (AvgIpc) is 2.96. The van der Waals surface area contributed by atoms with Gasteiger partial charge in [-0.15, -0.1) is 11.3 Å². The molecule has 20 heavy (non-hydrogen) atoms. The van der Waals surface area contributed by atoms with Gasteiger partial charge in [0.1, 0.15) is 11.5 Å². The molecule has 1 heterocycles. The first-order valence-corrected chi connectivity index (χ1v) is 7.35. The molecule has 0 saturated heterocycles. The van der Waals surface area contributed by atoms with Gasteiger partial charge in [0.15, 0.2) is 0 Å². The molecule has 0 fully saturated rings. The molecule has 1 aromatic heterocycles. The summed E-state index contributed by atoms with van der Waals surface area (Å²) >= 11 is 7.18. The van der Waals surface area contributed by atoms with Gasteiger partial charge in [-0.2, -0.15) is 0 Å². The molecule has 0 spiro atoms. The molecule has 0 radical (unpaired) electrons. The van der Waals surface area contributed by atoms with Gasteiger partial charge in [0, 0.05) is 12.6 Å². The number of amides is 1. The van der Waals surface area contributed by atoms with Gasteiger partial charge in [-0.25, -0.2) is 0 Å². The second kappa shape index (κ2) is 7.17. The predicted molar refractivity (Wildman–Crippen MR) is 79.9 cm³/mol. The average molecular weight is 312 g/mol. The van der Waals surface area contributed by atoms with E-state index in [4.69, 9.17) is 16.3 Å². The third-order valence-electron chi connectivity index (χ3n) is 2.54. The number of halogens is 1. The van der Waals surface area contributed by atoms with Gasteiger partial charge in [0.25, 0.3) is 5.91 Å². The quantitative estimate of drug-likeness (QED) is 0.805. The van der Waals surface area contributed by atoms with E-state index < -0.39 is 0 Å². The molecule has 6 heteroatoms. The Labute approximate surface area is 126 Å². The standard InChI is InChI=1S/C14H14ClNO3S/c15-11-9-10(4-5-12(11)17)19-7-2-6-16-14(18)13-3-1-8-20-13/h1,3-5,8-9,17H,2,6-7H2,(H,16,18). The van der Waals surface area contributed by atoms with Gasteiger partial charge < -0.3 is 15.2 Å². The number of hydrogen-bond donors (Lipinski definition) is 2. The molecule has 0 saturated carbocycles. The Balaban J connectivity index is 1.66. The van der Waals surface area contributed by atoms with Crippen molar-refractivity contribution < 1.29 is 14.6 Å². The Hall–Kier alpha value is -1.72. The van der Waals surface area contributed by atoms with Crippen LogP contribution in [0.1, 0.15) is 16.1 Å². The summed E-state index contributed by atoms with van der Waals surface area (Å²) in [7, 11) is 0. The molecule has 2 N–H and O–H groups in total. The summed E-state index contributed by atoms with van der Waals surface area (Å²) in [6.07, 6.45) is 0.690. The van der Waals surface area contributed by atoms with Crippen LogP contribution in [0.2, 0.25) is 5.02 Å². The first-order chi connectivity index (χ1) is 9.66. The molecule has 1 amide bonds. The topological polar surface area (TPSA) is 58.6 Å². The zero-order valence-electron chi connectivity index (χ0n) is 10.6. The van der Waals surface area contributed by atoms with Crippen LogP contribution in [0.5, 0.6) is 11.5 Å². The molecule has 0 aliphatic heterocycles. The molecule has 106 valence electrons. The number of carbonyl (C=O) groups excluding carboxylic acids is 1. The fraction of sp³-hybridized carbons (Fsp3) is 0.214. The van der Waals surface area contributed by atoms with E-state index in [1.807, 2.05) is 11.4 Å². The number of carbonyl (C=O) groups is 1. The maximum Gasteiger partial charge on any atom is 0.261 e. The van der Waals surface area contributed by atoms with Crippen LogP contribution in [0.15, 0.2) is 35.7 Å². The van der Waals surface area contributed by atoms with Gasteiger partial charge in [0.2, 0.25) is 0 Å². The Morgan fingerprint density at radius 2 is 2.25 bits per heavy atom. The van der Waals surface area contributed by atoms with Gasteiger partial charge in [-0.3, -0.25) is 4.79 Å². The van der Waals surface area contributed by atoms with Crippen LogP contribution in [0.3, 0.4) is 0 Å². The monoisotopic (exact) mass is 311 g/mol. The molecule has 1 aromatic carbocycles. The van der Waals surface area contributed by atoms with Crippen molar-refractivity contribution in [3.8, 4) is 11.5 Å². The van der Waals surface area contributed by atoms with Crippen molar-refractivity contribution in [3.05, 3.63) is 45.6 Å². The van der Waals surface area contributed by atoms with E-state index in [1.165, 1.54) is 17.4 Å². The minimum absolute atomic E-state index is 0.0298. The van der Waals surface area contributed by atoms with E-state index in [2.05, 4.69) is 5.32 Å². The Morgan fingerprint density at radius 3 is 2.95 bits per heavy atom. The Morgan fingerprint density at radius 1 is 1.40 bits per heavy atom. The Bertz CT molecular complexity index is 572. The van der Waals surface area contributed by atoms with Crippen LogP contribution >= 0.6 is 22.9 Å². The number of hydrogen-bond acceptors (Lipinski definition) is 4. The highest BCUT2D eigenvalue weighted by Gasteiger charge is 2.05. The van der Waals surface area contributed by atoms with Crippen LogP contribution in [0.4, 0.5) is 0 Å². The van der Waals surface area contributed by atoms with Crippen LogP contribution in [-0.2, 0) is 0 Å². The van der Waals surface area contributed by atoms with E-state index in [9.17, 15) is 9.90 Å². The predicted octanol–water partition coefficient (Wildman–Crippen LogP) is 3.31. The summed E-state index contributed by atoms with van der Waals surface area (Å²) < 4.78 is 5.47. The first kappa shape index (κ1) is 14.7. The maximum atomic E-state index is 11.6. The van der Waals surface area contributed by atoms with E-state index in [1.54, 1.807) is 18.2 Å². The van der Waals surface area contributed by atoms with E-state index in [0.29, 0.717) is 30.2 Å². The number of aromatic hydroxyl groups is 1. The summed E-state index contributed by atoms with van der Waals surface area (Å²) in [5.74, 6) is 0.562. The van der Waals surface area contributed by atoms with Crippen molar-refractivity contribution in [3.63, 3.8) is 0 Å². The lowest BCUT2D eigenvalue weighted by atomic mass is 10.3. The minimum Gasteiger partial charge on any atom is -0.506 e. The molecule has 0 atom stereocenters. The highest BCUT2D eigenvalue weighted by Crippen LogP contribution is 2.27. The fourth-order valence-corrected chi connectivity index (χ4v) is 2.35. The minimum atomic E-state index is -0.0623. The van der Waals surface area contributed by atoms with Gasteiger partial charge in [-0.1, -0.05) is 17.7 Å². The highest BCUT2D eigenvalue weighted by atomic mass is 35.5. The summed E-state index contributed by atoms with van der Waals surface area (Å²) in [4.78, 5) is 12.3. The van der Waals surface area contributed by atoms with Crippen molar-refractivity contribution >= 4 is 28.8 Å². The van der Waals surface area contributed by atoms with Gasteiger partial charge in [0.05, 0.1) is 16.5 Å². The number of thiophene rings is 1. The number of phenolic OH excluding ortho intramolecular Hbond substituents is 1. The number of benzene rings is 1. The third-order valence-corrected chi connectivity index (χ3v) is 3.71. The zero-order chi connectivity index (χ0) is 14.4. The lowest BCUT2D eigenvalue weighted by molar-refractivity contribution is 0.0955. The molecule has 0 bridgehead atoms. The number of phenols is 1. The smallest absolute Gasteiger partial charge is 0.261 e. The van der Waals surface area contributed by atoms with Gasteiger partial charge >= 0.3 is 0 Å². The largest absolute Gasteiger partial charge is 0.506 e. The zero-order valence-corrected chi connectivity index (χ0v) is 12.2. The summed E-state index contributed by atoms with van der Waals surface area (Å²) in [5, 5.41) is 14.2. The highest BCUT2D eigenvalue weighted by molar-refractivity contribution is 7.12. The fourth-order valence-electron chi connectivity index (χ4n) is 1.54. The van der Waals surface area contributed by atoms with Crippen LogP contribution in [-0.4, -0.2) is 24.2 Å². The van der Waals surface area contributed by atoms with Crippen molar-refractivity contribution in [1.82, 2.24) is 5.32 Å². The van der Waals surface area contributed by atoms with E-state index in [-0.39, 0.29) is 16.7 Å². The van der Waals surface area contributed by atoms with E-state index >= 15 is 0 Å². The van der Waals surface area contributed by atoms with Crippen molar-refractivity contribution in [2.24, 2.45) is 0 Å². The van der Waals surface area contributed by atoms with Crippen molar-refractivity contribution in [2.45, 2.75) is 6.42 Å². The van der Waals surface area contributed by atoms with Crippen LogP contribution < -0.4 is 10.1 Å². The van der Waals surface area contributed by atoms with Gasteiger partial charge in [-0.05, 0) is 30.0 Å². The number of ether oxygens (including phenoxy) is 1. The molecular weight excluding hydrogens is 298 g/mol. The molecule has 0 unspecified atom stereocenters. The first-order valence-electron chi connectivity index (χ1n) is 6.10. The lowest BCUT2D eigenvalue weighted by Gasteiger charge is -2.07. The lowest BCUT2D eigenvalue weighted by Crippen LogP contribution is -2.24. The maximum absolute atomic E-state index is 11.6. The Kier molecular flexibility index (Phi) is 5.26. The molecular formula is C14H14ClNO3S. The summed E-state index contributed by atoms with van der Waals surface area (Å²) in [6, 6.07) is 8.31. The third kappa shape index (κ3) is 4.15. The van der Waals surface area contributed by atoms with Crippen molar-refractivity contribution in [1.29, 1.82) is 0 Å². The molecule has 4 nitrogen and oxygen atoms in total. The number of nitrogens with one attached hydrogen (secondary N) is 1. The number of rotatable bonds is 6. The molecule has 0 aliphatic rings. The van der Waals surface area contributed by atoms with Crippen LogP contribution in [0, 0.1) is 0 Å². The second-order valence-corrected chi connectivity index (χ2v) is 5.40. The summed E-state index contributed by atoms with van der Waals surface area (Å²) in [5.41, 5.74) is 0. The summed E-state index contributed by atoms with van der Waals surface area (Å²) in [6.45, 7) is 1.01.